The summed E-state index contributed by atoms with van der Waals surface area (Å²) in [5.41, 5.74) is 0. The van der Waals surface area contributed by atoms with Crippen molar-refractivity contribution in [2.75, 3.05) is 0 Å². The normalized spacial score (nSPS) is 0. The maximum atomic E-state index is 0. The van der Waals surface area contributed by atoms with Gasteiger partial charge < -0.3 is 0 Å². The molecule has 0 saturated carbocycles. The molecule has 0 bridgehead atoms. The van der Waals surface area contributed by atoms with E-state index in [0.29, 0.717) is 0 Å². The molecule has 0 saturated heterocycles. The standard InChI is InChI=1S/Al.Ca.H4Si.W.5H/h;;1H4;;;;;;. The zero-order chi connectivity index (χ0) is 0. The van der Waals surface area contributed by atoms with Gasteiger partial charge in [-0.25, -0.2) is 0 Å². The third-order valence-corrected chi connectivity index (χ3v) is 0. The number of hydrogen-bond acceptors (Lipinski definition) is 0. The van der Waals surface area contributed by atoms with Gasteiger partial charge in [0, 0.05) is 21.1 Å². The number of hydrogen-bond donors (Lipinski definition) is 0. The minimum Gasteiger partial charge on any atom is -0.0149 e. The predicted molar refractivity (Wildman–Crippen MR) is 29.8 cm³/mol. The molecule has 0 heterocycles. The summed E-state index contributed by atoms with van der Waals surface area (Å²) in [6.45, 7) is 0. The van der Waals surface area contributed by atoms with Gasteiger partial charge >= 0.3 is 37.7 Å². The van der Waals surface area contributed by atoms with Crippen molar-refractivity contribution in [3.8, 4) is 0 Å². The Morgan fingerprint density at radius 3 is 1.00 bits per heavy atom. The van der Waals surface area contributed by atoms with Crippen molar-refractivity contribution in [2.45, 2.75) is 0 Å². The fraction of sp³-hybridized carbons (Fsp3) is 0. The second-order valence-electron chi connectivity index (χ2n) is 0. The number of rotatable bonds is 0. The van der Waals surface area contributed by atoms with E-state index in [-0.39, 0.29) is 87.1 Å². The van der Waals surface area contributed by atoms with E-state index in [4.69, 9.17) is 0 Å². The van der Waals surface area contributed by atoms with Crippen LogP contribution in [0.3, 0.4) is 0 Å². The van der Waals surface area contributed by atoms with Gasteiger partial charge in [-0.05, 0) is 11.0 Å². The van der Waals surface area contributed by atoms with Crippen molar-refractivity contribution in [3.05, 3.63) is 0 Å². The summed E-state index contributed by atoms with van der Waals surface area (Å²) in [7, 11) is 0. The van der Waals surface area contributed by atoms with Crippen molar-refractivity contribution >= 4 is 66.1 Å². The van der Waals surface area contributed by atoms with Gasteiger partial charge in [-0.2, -0.15) is 0 Å². The van der Waals surface area contributed by atoms with E-state index in [9.17, 15) is 0 Å². The van der Waals surface area contributed by atoms with Gasteiger partial charge in [0.15, 0.2) is 17.4 Å². The maximum absolute atomic E-state index is 0. The van der Waals surface area contributed by atoms with Gasteiger partial charge in [-0.3, -0.25) is 0 Å². The molecule has 4 heavy (non-hydrogen) atoms. The first-order chi connectivity index (χ1) is 0. The van der Waals surface area contributed by atoms with E-state index < -0.39 is 0 Å². The van der Waals surface area contributed by atoms with E-state index in [0.717, 1.165) is 0 Å². The molecule has 0 aliphatic heterocycles. The summed E-state index contributed by atoms with van der Waals surface area (Å²) in [4.78, 5) is 0. The Labute approximate surface area is 85.5 Å². The zero-order valence-corrected chi connectivity index (χ0v) is 3.34. The minimum atomic E-state index is 0. The first-order valence-electron chi connectivity index (χ1n) is 0. The molecular weight excluding hydrogens is 279 g/mol. The molecule has 0 N–H and O–H groups in total. The van der Waals surface area contributed by atoms with Crippen LogP contribution < -0.4 is 0 Å². The third kappa shape index (κ3) is 8.83. The summed E-state index contributed by atoms with van der Waals surface area (Å²) in [5, 5.41) is 0. The van der Waals surface area contributed by atoms with Crippen molar-refractivity contribution < 1.29 is 21.1 Å². The molecule has 0 aliphatic rings. The van der Waals surface area contributed by atoms with Crippen LogP contribution in [0.5, 0.6) is 0 Å². The fourth-order valence-corrected chi connectivity index (χ4v) is 0. The van der Waals surface area contributed by atoms with Crippen LogP contribution in [0.1, 0.15) is 0 Å². The molecule has 0 aromatic rings. The van der Waals surface area contributed by atoms with Gasteiger partial charge in [0.05, 0.1) is 0 Å². The molecule has 0 rings (SSSR count). The van der Waals surface area contributed by atoms with Crippen LogP contribution in [-0.2, 0) is 21.1 Å². The Bertz CT molecular complexity index is 8.00. The molecule has 0 fully saturated rings. The Morgan fingerprint density at radius 1 is 1.00 bits per heavy atom. The summed E-state index contributed by atoms with van der Waals surface area (Å²) >= 11 is 0. The summed E-state index contributed by atoms with van der Waals surface area (Å²) in [5.74, 6) is 0. The van der Waals surface area contributed by atoms with Gasteiger partial charge in [0.1, 0.15) is 0 Å². The summed E-state index contributed by atoms with van der Waals surface area (Å²) in [6.07, 6.45) is 0. The molecule has 0 aromatic carbocycles. The van der Waals surface area contributed by atoms with Crippen LogP contribution in [0.2, 0.25) is 0 Å². The van der Waals surface area contributed by atoms with Crippen LogP contribution in [0.15, 0.2) is 0 Å². The SMILES string of the molecule is [AlH3].[CaH2].[SiH4].[W]. The van der Waals surface area contributed by atoms with E-state index in [2.05, 4.69) is 0 Å². The summed E-state index contributed by atoms with van der Waals surface area (Å²) < 4.78 is 0. The first-order valence-corrected chi connectivity index (χ1v) is 0. The molecule has 0 radical (unpaired) electrons. The molecule has 0 spiro atoms. The molecule has 24 valence electrons. The monoisotopic (exact) mass is 288 g/mol. The third-order valence-electron chi connectivity index (χ3n) is 0. The Morgan fingerprint density at radius 2 is 1.00 bits per heavy atom. The van der Waals surface area contributed by atoms with E-state index >= 15 is 0 Å². The first kappa shape index (κ1) is 29.9. The Kier molecular flexibility index (Phi) is 129. The molecular formula is H9AlCaSiW. The van der Waals surface area contributed by atoms with Crippen molar-refractivity contribution in [1.29, 1.82) is 0 Å². The van der Waals surface area contributed by atoms with E-state index in [1.165, 1.54) is 0 Å². The quantitative estimate of drug-likeness (QED) is 0.405. The van der Waals surface area contributed by atoms with Crippen LogP contribution in [0.4, 0.5) is 0 Å². The Hall–Kier alpha value is 2.70. The van der Waals surface area contributed by atoms with Crippen LogP contribution in [0, 0.1) is 0 Å². The smallest absolute Gasteiger partial charge is 0 e. The van der Waals surface area contributed by atoms with Crippen LogP contribution in [0.25, 0.3) is 0 Å². The van der Waals surface area contributed by atoms with Crippen molar-refractivity contribution in [3.63, 3.8) is 0 Å². The van der Waals surface area contributed by atoms with Crippen molar-refractivity contribution in [2.24, 2.45) is 0 Å². The average Bonchev–Trinajstić information content (AvgIpc) is 0. The topological polar surface area (TPSA) is 0 Å². The molecule has 4 heteroatoms. The van der Waals surface area contributed by atoms with Crippen LogP contribution in [-0.4, -0.2) is 66.1 Å². The van der Waals surface area contributed by atoms with Gasteiger partial charge in [0.25, 0.3) is 0 Å². The molecule has 0 amide bonds. The van der Waals surface area contributed by atoms with E-state index in [1.54, 1.807) is 0 Å². The molecule has 0 aliphatic carbocycles. The fourth-order valence-electron chi connectivity index (χ4n) is 0. The predicted octanol–water partition coefficient (Wildman–Crippen LogP) is -3.55. The second kappa shape index (κ2) is 17.3. The largest absolute Gasteiger partial charge is 0.0149 e. The van der Waals surface area contributed by atoms with Gasteiger partial charge in [-0.15, -0.1) is 0 Å². The average molecular weight is 288 g/mol. The van der Waals surface area contributed by atoms with Crippen LogP contribution >= 0.6 is 0 Å². The summed E-state index contributed by atoms with van der Waals surface area (Å²) in [6, 6.07) is 0. The van der Waals surface area contributed by atoms with E-state index in [1.807, 2.05) is 0 Å². The molecule has 0 aromatic heterocycles. The Balaban J connectivity index is 0. The van der Waals surface area contributed by atoms with Gasteiger partial charge in [-0.1, -0.05) is 0 Å². The molecule has 0 unspecified atom stereocenters. The molecule has 0 nitrogen and oxygen atoms in total. The van der Waals surface area contributed by atoms with Crippen molar-refractivity contribution in [1.82, 2.24) is 0 Å². The minimum absolute atomic E-state index is 0. The molecule has 0 atom stereocenters. The second-order valence-corrected chi connectivity index (χ2v) is 0. The maximum Gasteiger partial charge on any atom is 0 e. The zero-order valence-electron chi connectivity index (χ0n) is 0.408. The van der Waals surface area contributed by atoms with Gasteiger partial charge in [0.2, 0.25) is 0 Å².